The monoisotopic (exact) mass is 587 g/mol. The van der Waals surface area contributed by atoms with Gasteiger partial charge in [0.1, 0.15) is 5.41 Å². The molecule has 0 saturated carbocycles. The standard InChI is InChI=1S/C40H29NO4/c1-24-16-20-26(21-17-24)33-39(35(42)29-12-6-7-13-30(29)36(39)43)34(27-22-18-25(2)19-23-27)41(28-10-4-3-5-11-28)40(33)37(44)31-14-8-9-15-32(31)38(40)45/h3-23,33-34H,1-2H3/t33-,34-/m1/s1. The van der Waals surface area contributed by atoms with Crippen LogP contribution in [-0.2, 0) is 0 Å². The van der Waals surface area contributed by atoms with Gasteiger partial charge in [0.2, 0.25) is 0 Å². The molecule has 8 rings (SSSR count). The van der Waals surface area contributed by atoms with E-state index >= 15 is 19.2 Å². The number of ketones is 4. The summed E-state index contributed by atoms with van der Waals surface area (Å²) in [6, 6.07) is 37.4. The summed E-state index contributed by atoms with van der Waals surface area (Å²) in [4.78, 5) is 62.8. The molecule has 0 radical (unpaired) electrons. The first-order valence-corrected chi connectivity index (χ1v) is 15.2. The van der Waals surface area contributed by atoms with Crippen molar-refractivity contribution in [2.75, 3.05) is 4.90 Å². The first-order valence-electron chi connectivity index (χ1n) is 15.2. The molecule has 5 heteroatoms. The van der Waals surface area contributed by atoms with Crippen LogP contribution >= 0.6 is 0 Å². The second-order valence-electron chi connectivity index (χ2n) is 12.4. The molecule has 5 nitrogen and oxygen atoms in total. The van der Waals surface area contributed by atoms with Crippen molar-refractivity contribution >= 4 is 28.8 Å². The molecule has 0 unspecified atom stereocenters. The second kappa shape index (κ2) is 9.54. The van der Waals surface area contributed by atoms with Crippen LogP contribution in [0.5, 0.6) is 0 Å². The van der Waals surface area contributed by atoms with Gasteiger partial charge in [-0.3, -0.25) is 19.2 Å². The van der Waals surface area contributed by atoms with Crippen LogP contribution in [-0.4, -0.2) is 28.7 Å². The lowest BCUT2D eigenvalue weighted by atomic mass is 9.59. The first kappa shape index (κ1) is 27.2. The van der Waals surface area contributed by atoms with Gasteiger partial charge in [-0.1, -0.05) is 126 Å². The molecule has 45 heavy (non-hydrogen) atoms. The van der Waals surface area contributed by atoms with Crippen LogP contribution in [0.1, 0.15) is 75.6 Å². The molecule has 5 aromatic rings. The number of anilines is 1. The van der Waals surface area contributed by atoms with Crippen molar-refractivity contribution < 1.29 is 19.2 Å². The van der Waals surface area contributed by atoms with Gasteiger partial charge in [-0.15, -0.1) is 0 Å². The number of Topliss-reactive ketones (excluding diaryl/α,β-unsaturated/α-hetero) is 4. The molecule has 1 saturated heterocycles. The van der Waals surface area contributed by atoms with Crippen LogP contribution in [0.15, 0.2) is 127 Å². The Balaban J connectivity index is 1.58. The highest BCUT2D eigenvalue weighted by Gasteiger charge is 2.80. The second-order valence-corrected chi connectivity index (χ2v) is 12.4. The molecule has 1 fully saturated rings. The minimum Gasteiger partial charge on any atom is -0.343 e. The Morgan fingerprint density at radius 1 is 0.467 bits per heavy atom. The topological polar surface area (TPSA) is 71.5 Å². The number of benzene rings is 5. The van der Waals surface area contributed by atoms with E-state index in [0.29, 0.717) is 39.1 Å². The van der Waals surface area contributed by atoms with E-state index in [2.05, 4.69) is 0 Å². The normalized spacial score (nSPS) is 20.7. The minimum atomic E-state index is -1.91. The molecular formula is C40H29NO4. The van der Waals surface area contributed by atoms with Gasteiger partial charge in [-0.25, -0.2) is 0 Å². The molecule has 218 valence electrons. The van der Waals surface area contributed by atoms with Crippen LogP contribution in [0.4, 0.5) is 5.69 Å². The molecule has 0 N–H and O–H groups in total. The molecular weight excluding hydrogens is 558 g/mol. The molecule has 0 amide bonds. The molecule has 1 heterocycles. The Morgan fingerprint density at radius 2 is 0.867 bits per heavy atom. The number of hydrogen-bond acceptors (Lipinski definition) is 5. The number of fused-ring (bicyclic) bond motifs is 2. The van der Waals surface area contributed by atoms with Crippen molar-refractivity contribution in [3.05, 3.63) is 172 Å². The third-order valence-electron chi connectivity index (χ3n) is 10.1. The lowest BCUT2D eigenvalue weighted by Gasteiger charge is -2.40. The van der Waals surface area contributed by atoms with Crippen molar-refractivity contribution in [3.8, 4) is 0 Å². The lowest BCUT2D eigenvalue weighted by Crippen LogP contribution is -2.57. The van der Waals surface area contributed by atoms with Crippen LogP contribution in [0.3, 0.4) is 0 Å². The summed E-state index contributed by atoms with van der Waals surface area (Å²) in [5, 5.41) is 0. The molecule has 2 atom stereocenters. The van der Waals surface area contributed by atoms with Crippen molar-refractivity contribution in [2.45, 2.75) is 31.3 Å². The van der Waals surface area contributed by atoms with Crippen LogP contribution in [0.25, 0.3) is 0 Å². The van der Waals surface area contributed by atoms with Gasteiger partial charge in [0, 0.05) is 33.9 Å². The van der Waals surface area contributed by atoms with Gasteiger partial charge in [0.05, 0.1) is 6.04 Å². The number of para-hydroxylation sites is 1. The van der Waals surface area contributed by atoms with Crippen molar-refractivity contribution in [1.82, 2.24) is 0 Å². The summed E-state index contributed by atoms with van der Waals surface area (Å²) in [5.74, 6) is -2.66. The van der Waals surface area contributed by atoms with Gasteiger partial charge in [0.25, 0.3) is 0 Å². The zero-order valence-corrected chi connectivity index (χ0v) is 24.9. The van der Waals surface area contributed by atoms with Gasteiger partial charge < -0.3 is 4.90 Å². The Morgan fingerprint density at radius 3 is 1.33 bits per heavy atom. The number of nitrogens with zero attached hydrogens (tertiary/aromatic N) is 1. The largest absolute Gasteiger partial charge is 0.343 e. The average Bonchev–Trinajstić information content (AvgIpc) is 3.57. The highest BCUT2D eigenvalue weighted by Crippen LogP contribution is 2.69. The van der Waals surface area contributed by atoms with E-state index < -0.39 is 34.5 Å². The number of rotatable bonds is 3. The molecule has 3 aliphatic rings. The third-order valence-corrected chi connectivity index (χ3v) is 10.1. The van der Waals surface area contributed by atoms with E-state index in [1.54, 1.807) is 48.5 Å². The van der Waals surface area contributed by atoms with E-state index in [1.165, 1.54) is 0 Å². The predicted molar refractivity (Wildman–Crippen MR) is 172 cm³/mol. The van der Waals surface area contributed by atoms with Crippen LogP contribution in [0, 0.1) is 19.3 Å². The third kappa shape index (κ3) is 3.33. The highest BCUT2D eigenvalue weighted by molar-refractivity contribution is 6.39. The van der Waals surface area contributed by atoms with Gasteiger partial charge in [-0.2, -0.15) is 0 Å². The van der Waals surface area contributed by atoms with E-state index in [4.69, 9.17) is 0 Å². The summed E-state index contributed by atoms with van der Waals surface area (Å²) in [6.45, 7) is 3.93. The number of carbonyl (C=O) groups excluding carboxylic acids is 4. The Hall–Kier alpha value is -5.42. The zero-order chi connectivity index (χ0) is 31.1. The maximum atomic E-state index is 15.3. The highest BCUT2D eigenvalue weighted by atomic mass is 16.2. The molecule has 5 aromatic carbocycles. The SMILES string of the molecule is Cc1ccc([C@@H]2C3(C(=O)c4ccccc4C3=O)[C@@H](c3ccc(C)cc3)N(c3ccccc3)C23C(=O)c2ccccc2C3=O)cc1. The van der Waals surface area contributed by atoms with E-state index in [9.17, 15) is 0 Å². The molecule has 0 aromatic heterocycles. The Kier molecular flexibility index (Phi) is 5.76. The number of hydrogen-bond donors (Lipinski definition) is 0. The fraction of sp³-hybridized carbons (Fsp3) is 0.150. The van der Waals surface area contributed by atoms with Gasteiger partial charge >= 0.3 is 0 Å². The van der Waals surface area contributed by atoms with Crippen LogP contribution in [0.2, 0.25) is 0 Å². The first-order chi connectivity index (χ1) is 21.8. The van der Waals surface area contributed by atoms with E-state index in [1.807, 2.05) is 97.6 Å². The van der Waals surface area contributed by atoms with Crippen LogP contribution < -0.4 is 4.90 Å². The zero-order valence-electron chi connectivity index (χ0n) is 24.9. The van der Waals surface area contributed by atoms with Gasteiger partial charge in [0.15, 0.2) is 28.7 Å². The maximum absolute atomic E-state index is 15.3. The fourth-order valence-electron chi connectivity index (χ4n) is 8.21. The molecule has 2 aliphatic carbocycles. The summed E-state index contributed by atoms with van der Waals surface area (Å²) in [7, 11) is 0. The number of aryl methyl sites for hydroxylation is 2. The molecule has 1 aliphatic heterocycles. The summed E-state index contributed by atoms with van der Waals surface area (Å²) in [6.07, 6.45) is 0. The molecule has 2 spiro atoms. The maximum Gasteiger partial charge on any atom is 0.197 e. The summed E-state index contributed by atoms with van der Waals surface area (Å²) in [5.41, 5.74) is 1.36. The fourth-order valence-corrected chi connectivity index (χ4v) is 8.21. The lowest BCUT2D eigenvalue weighted by molar-refractivity contribution is 0.0620. The Labute approximate surface area is 261 Å². The van der Waals surface area contributed by atoms with E-state index in [0.717, 1.165) is 11.1 Å². The van der Waals surface area contributed by atoms with Crippen molar-refractivity contribution in [2.24, 2.45) is 5.41 Å². The van der Waals surface area contributed by atoms with E-state index in [-0.39, 0.29) is 11.6 Å². The summed E-state index contributed by atoms with van der Waals surface area (Å²) < 4.78 is 0. The quantitative estimate of drug-likeness (QED) is 0.204. The van der Waals surface area contributed by atoms with Gasteiger partial charge in [-0.05, 0) is 37.1 Å². The Bertz CT molecular complexity index is 1990. The number of carbonyl (C=O) groups is 4. The smallest absolute Gasteiger partial charge is 0.197 e. The molecule has 0 bridgehead atoms. The van der Waals surface area contributed by atoms with Crippen molar-refractivity contribution in [3.63, 3.8) is 0 Å². The summed E-state index contributed by atoms with van der Waals surface area (Å²) >= 11 is 0. The average molecular weight is 588 g/mol. The predicted octanol–water partition coefficient (Wildman–Crippen LogP) is 7.53. The minimum absolute atomic E-state index is 0.302. The van der Waals surface area contributed by atoms with Crippen molar-refractivity contribution in [1.29, 1.82) is 0 Å².